The number of rotatable bonds is 11. The van der Waals surface area contributed by atoms with Crippen molar-refractivity contribution in [1.29, 1.82) is 0 Å². The highest BCUT2D eigenvalue weighted by Crippen LogP contribution is 2.28. The van der Waals surface area contributed by atoms with E-state index < -0.39 is 29.2 Å². The molecule has 0 radical (unpaired) electrons. The van der Waals surface area contributed by atoms with Gasteiger partial charge in [-0.1, -0.05) is 16.1 Å². The highest BCUT2D eigenvalue weighted by atomic mass is 35.5. The van der Waals surface area contributed by atoms with Crippen molar-refractivity contribution in [2.45, 2.75) is 0 Å². The second-order valence-corrected chi connectivity index (χ2v) is 12.7. The average Bonchev–Trinajstić information content (AvgIpc) is 3.76. The third kappa shape index (κ3) is 9.40. The van der Waals surface area contributed by atoms with E-state index in [0.717, 1.165) is 57.0 Å². The molecule has 2 fully saturated rings. The summed E-state index contributed by atoms with van der Waals surface area (Å²) in [4.78, 5) is 30.5. The van der Waals surface area contributed by atoms with E-state index in [0.29, 0.717) is 46.1 Å². The number of nitrogens with one attached hydrogen (secondary N) is 4. The van der Waals surface area contributed by atoms with Gasteiger partial charge in [0.25, 0.3) is 0 Å². The molecule has 4 heterocycles. The van der Waals surface area contributed by atoms with Crippen molar-refractivity contribution in [2.75, 3.05) is 89.4 Å². The number of carboxylic acids is 1. The SMILES string of the molecule is O=C(O)c1ccc(F)c2nc(NCCN3CCOCC3)n(F)c12.ONC(=Nc1ccc(F)c(Cl)c1)c1cc(F)c(F)c2nc(NCCN3CCOCC3)[nH]c12. The fourth-order valence-corrected chi connectivity index (χ4v) is 6.08. The second kappa shape index (κ2) is 18.0. The first-order chi connectivity index (χ1) is 26.5. The summed E-state index contributed by atoms with van der Waals surface area (Å²) in [6.45, 7) is 8.20. The molecule has 0 unspecified atom stereocenters. The molecule has 55 heavy (non-hydrogen) atoms. The number of hydroxylamine groups is 1. The molecule has 21 heteroatoms. The van der Waals surface area contributed by atoms with Gasteiger partial charge in [-0.05, 0) is 36.4 Å². The Balaban J connectivity index is 0.000000197. The Hall–Kier alpha value is -5.12. The number of benzene rings is 3. The number of aromatic carboxylic acids is 1. The largest absolute Gasteiger partial charge is 0.478 e. The minimum absolute atomic E-state index is 0.0237. The number of morpholine rings is 2. The van der Waals surface area contributed by atoms with Crippen LogP contribution in [0.15, 0.2) is 41.4 Å². The van der Waals surface area contributed by atoms with Gasteiger partial charge in [-0.25, -0.2) is 37.3 Å². The highest BCUT2D eigenvalue weighted by Gasteiger charge is 2.22. The van der Waals surface area contributed by atoms with Crippen molar-refractivity contribution >= 4 is 63.1 Å². The molecule has 6 N–H and O–H groups in total. The minimum Gasteiger partial charge on any atom is -0.478 e. The molecule has 0 saturated carbocycles. The van der Waals surface area contributed by atoms with Crippen LogP contribution >= 0.6 is 11.6 Å². The van der Waals surface area contributed by atoms with Gasteiger partial charge in [0.15, 0.2) is 23.3 Å². The van der Waals surface area contributed by atoms with Crippen LogP contribution in [-0.2, 0) is 9.47 Å². The summed E-state index contributed by atoms with van der Waals surface area (Å²) >= 11 is 5.76. The number of anilines is 2. The number of aromatic amines is 1. The summed E-state index contributed by atoms with van der Waals surface area (Å²) in [7, 11) is 0. The molecule has 2 aromatic heterocycles. The first-order valence-electron chi connectivity index (χ1n) is 17.0. The Morgan fingerprint density at radius 3 is 2.11 bits per heavy atom. The lowest BCUT2D eigenvalue weighted by Crippen LogP contribution is -2.39. The number of carboxylic acid groups (broad SMARTS) is 1. The van der Waals surface area contributed by atoms with E-state index >= 15 is 0 Å². The van der Waals surface area contributed by atoms with Crippen molar-refractivity contribution in [3.63, 3.8) is 0 Å². The number of aliphatic imine (C=N–C) groups is 1. The molecule has 2 saturated heterocycles. The molecule has 0 spiro atoms. The Kier molecular flexibility index (Phi) is 13.0. The van der Waals surface area contributed by atoms with Crippen LogP contribution in [0.25, 0.3) is 22.1 Å². The molecule has 3 aromatic carbocycles. The Morgan fingerprint density at radius 2 is 1.49 bits per heavy atom. The maximum atomic E-state index is 14.4. The number of nitrogens with zero attached hydrogens (tertiary/aromatic N) is 6. The van der Waals surface area contributed by atoms with Crippen LogP contribution in [0.5, 0.6) is 0 Å². The van der Waals surface area contributed by atoms with E-state index in [2.05, 4.69) is 40.4 Å². The number of hydrogen-bond acceptors (Lipinski definition) is 11. The fourth-order valence-electron chi connectivity index (χ4n) is 5.91. The molecule has 0 atom stereocenters. The summed E-state index contributed by atoms with van der Waals surface area (Å²) in [6, 6.07) is 6.52. The maximum absolute atomic E-state index is 14.4. The number of halogens is 6. The van der Waals surface area contributed by atoms with Crippen molar-refractivity contribution in [2.24, 2.45) is 4.99 Å². The van der Waals surface area contributed by atoms with Crippen LogP contribution in [0.2, 0.25) is 5.02 Å². The molecule has 2 aliphatic rings. The first kappa shape index (κ1) is 39.6. The zero-order valence-electron chi connectivity index (χ0n) is 29.0. The van der Waals surface area contributed by atoms with Crippen molar-refractivity contribution in [3.05, 3.63) is 75.8 Å². The van der Waals surface area contributed by atoms with Gasteiger partial charge >= 0.3 is 5.97 Å². The molecule has 15 nitrogen and oxygen atoms in total. The molecule has 0 aliphatic carbocycles. The van der Waals surface area contributed by atoms with Crippen LogP contribution in [-0.4, -0.2) is 130 Å². The summed E-state index contributed by atoms with van der Waals surface area (Å²) < 4.78 is 80.7. The van der Waals surface area contributed by atoms with Crippen molar-refractivity contribution in [3.8, 4) is 0 Å². The average molecular weight is 795 g/mol. The van der Waals surface area contributed by atoms with Gasteiger partial charge in [-0.2, -0.15) is 0 Å². The van der Waals surface area contributed by atoms with Crippen LogP contribution in [0.1, 0.15) is 15.9 Å². The quantitative estimate of drug-likeness (QED) is 0.0468. The van der Waals surface area contributed by atoms with Gasteiger partial charge in [0, 0.05) is 57.9 Å². The third-order valence-electron chi connectivity index (χ3n) is 8.74. The predicted molar refractivity (Wildman–Crippen MR) is 193 cm³/mol. The number of carbonyl (C=O) groups is 1. The Bertz CT molecular complexity index is 2180. The van der Waals surface area contributed by atoms with Crippen molar-refractivity contribution in [1.82, 2.24) is 35.0 Å². The number of H-pyrrole nitrogens is 1. The molecule has 2 aliphatic heterocycles. The number of ether oxygens (including phenoxy) is 2. The predicted octanol–water partition coefficient (Wildman–Crippen LogP) is 4.79. The lowest BCUT2D eigenvalue weighted by atomic mass is 10.1. The lowest BCUT2D eigenvalue weighted by molar-refractivity contribution is 0.0397. The Labute approximate surface area is 314 Å². The van der Waals surface area contributed by atoms with E-state index in [4.69, 9.17) is 26.2 Å². The standard InChI is InChI=1S/C20H20ClF3N6O2.C14H16F2N4O3/c21-13-9-11(1-2-14(13)22)26-19(29-31)12-10-15(23)16(24)18-17(12)27-20(28-18)25-3-4-30-5-7-32-8-6-30;15-10-2-1-9(13(21)22)12-11(10)18-14(20(12)16)17-3-4-19-5-7-23-8-6-19/h1-2,9-10,31H,3-8H2,(H,26,29)(H2,25,27,28);1-2H,3-8H2,(H,17,18)(H,21,22). The number of amidine groups is 1. The van der Waals surface area contributed by atoms with Crippen LogP contribution < -0.4 is 16.1 Å². The smallest absolute Gasteiger partial charge is 0.338 e. The van der Waals surface area contributed by atoms with Crippen LogP contribution in [0, 0.1) is 23.3 Å². The van der Waals surface area contributed by atoms with Crippen LogP contribution in [0.3, 0.4) is 0 Å². The summed E-state index contributed by atoms with van der Waals surface area (Å²) in [5.74, 6) is -5.23. The number of imidazole rings is 2. The van der Waals surface area contributed by atoms with Gasteiger partial charge in [0.1, 0.15) is 22.4 Å². The zero-order chi connectivity index (χ0) is 39.1. The van der Waals surface area contributed by atoms with E-state index in [1.165, 1.54) is 12.1 Å². The summed E-state index contributed by atoms with van der Waals surface area (Å²) in [5, 5.41) is 24.4. The Morgan fingerprint density at radius 1 is 0.855 bits per heavy atom. The van der Waals surface area contributed by atoms with Crippen LogP contribution in [0.4, 0.5) is 39.6 Å². The van der Waals surface area contributed by atoms with Gasteiger partial charge in [0.2, 0.25) is 11.9 Å². The van der Waals surface area contributed by atoms with Gasteiger partial charge in [0.05, 0.1) is 48.2 Å². The summed E-state index contributed by atoms with van der Waals surface area (Å²) in [5.41, 5.74) is 0.924. The first-order valence-corrected chi connectivity index (χ1v) is 17.4. The fraction of sp³-hybridized carbons (Fsp3) is 0.353. The molecule has 0 amide bonds. The molecule has 0 bridgehead atoms. The number of hydrogen-bond donors (Lipinski definition) is 6. The molecular formula is C34H36ClF5N10O5. The van der Waals surface area contributed by atoms with E-state index in [1.54, 1.807) is 0 Å². The van der Waals surface area contributed by atoms with E-state index in [1.807, 2.05) is 5.48 Å². The van der Waals surface area contributed by atoms with Gasteiger partial charge in [-0.3, -0.25) is 20.5 Å². The minimum atomic E-state index is -1.34. The molecule has 7 rings (SSSR count). The van der Waals surface area contributed by atoms with Gasteiger partial charge < -0.3 is 30.2 Å². The summed E-state index contributed by atoms with van der Waals surface area (Å²) in [6.07, 6.45) is 0. The lowest BCUT2D eigenvalue weighted by Gasteiger charge is -2.26. The van der Waals surface area contributed by atoms with E-state index in [9.17, 15) is 32.0 Å². The molecular weight excluding hydrogens is 759 g/mol. The highest BCUT2D eigenvalue weighted by molar-refractivity contribution is 6.31. The zero-order valence-corrected chi connectivity index (χ0v) is 29.8. The monoisotopic (exact) mass is 794 g/mol. The van der Waals surface area contributed by atoms with Gasteiger partial charge in [-0.15, -0.1) is 4.79 Å². The normalized spacial score (nSPS) is 15.6. The third-order valence-corrected chi connectivity index (χ3v) is 9.03. The topological polar surface area (TPSA) is 177 Å². The number of aromatic nitrogens is 4. The van der Waals surface area contributed by atoms with Crippen molar-refractivity contribution < 1.29 is 46.6 Å². The molecule has 294 valence electrons. The maximum Gasteiger partial charge on any atom is 0.338 e. The van der Waals surface area contributed by atoms with E-state index in [-0.39, 0.29) is 66.4 Å². The molecule has 5 aromatic rings. The second-order valence-electron chi connectivity index (χ2n) is 12.3. The number of fused-ring (bicyclic) bond motifs is 2.